The largest absolute Gasteiger partial charge is 0.390 e. The molecule has 7 nitrogen and oxygen atoms in total. The van der Waals surface area contributed by atoms with E-state index in [9.17, 15) is 5.11 Å². The van der Waals surface area contributed by atoms with E-state index >= 15 is 0 Å². The molecule has 2 aliphatic heterocycles. The molecule has 0 radical (unpaired) electrons. The van der Waals surface area contributed by atoms with Gasteiger partial charge in [-0.15, -0.1) is 0 Å². The summed E-state index contributed by atoms with van der Waals surface area (Å²) in [5.41, 5.74) is 3.71. The number of aromatic nitrogens is 3. The molecule has 4 heterocycles. The number of piperidine rings is 1. The van der Waals surface area contributed by atoms with Crippen molar-refractivity contribution in [1.29, 1.82) is 0 Å². The number of pyridine rings is 1. The number of fused-ring (bicyclic) bond motifs is 1. The van der Waals surface area contributed by atoms with Crippen LogP contribution in [0.15, 0.2) is 61.2 Å². The van der Waals surface area contributed by atoms with Crippen molar-refractivity contribution in [3.05, 3.63) is 72.3 Å². The van der Waals surface area contributed by atoms with Crippen molar-refractivity contribution in [1.82, 2.24) is 19.9 Å². The van der Waals surface area contributed by atoms with Gasteiger partial charge in [0.2, 0.25) is 0 Å². The van der Waals surface area contributed by atoms with Gasteiger partial charge in [-0.1, -0.05) is 24.3 Å². The molecule has 2 aromatic heterocycles. The summed E-state index contributed by atoms with van der Waals surface area (Å²) >= 11 is 0. The Morgan fingerprint density at radius 3 is 2.77 bits per heavy atom. The molecular weight excluding hydrogens is 376 g/mol. The van der Waals surface area contributed by atoms with E-state index in [2.05, 4.69) is 54.3 Å². The van der Waals surface area contributed by atoms with Crippen LogP contribution in [0.5, 0.6) is 0 Å². The highest BCUT2D eigenvalue weighted by molar-refractivity contribution is 5.58. The van der Waals surface area contributed by atoms with Crippen LogP contribution in [0.1, 0.15) is 17.5 Å². The molecule has 2 aliphatic rings. The Bertz CT molecular complexity index is 998. The Morgan fingerprint density at radius 1 is 1.03 bits per heavy atom. The molecule has 2 N–H and O–H groups in total. The van der Waals surface area contributed by atoms with Gasteiger partial charge in [0.1, 0.15) is 18.0 Å². The first kappa shape index (κ1) is 19.0. The Labute approximate surface area is 176 Å². The lowest BCUT2D eigenvalue weighted by Crippen LogP contribution is -2.55. The monoisotopic (exact) mass is 402 g/mol. The molecule has 1 fully saturated rings. The third kappa shape index (κ3) is 3.99. The van der Waals surface area contributed by atoms with E-state index in [1.807, 2.05) is 18.2 Å². The fraction of sp³-hybridized carbons (Fsp3) is 0.348. The van der Waals surface area contributed by atoms with Crippen molar-refractivity contribution in [2.24, 2.45) is 0 Å². The SMILES string of the molecule is O[C@H]1CN(c2cc(Nc3cccnc3)ncn2)CC[C@@H]1N1CCc2ccccc2C1. The molecule has 0 bridgehead atoms. The van der Waals surface area contributed by atoms with Crippen molar-refractivity contribution in [2.45, 2.75) is 31.5 Å². The van der Waals surface area contributed by atoms with Gasteiger partial charge >= 0.3 is 0 Å². The Kier molecular flexibility index (Phi) is 5.29. The van der Waals surface area contributed by atoms with Gasteiger partial charge in [-0.2, -0.15) is 0 Å². The first-order valence-electron chi connectivity index (χ1n) is 10.5. The summed E-state index contributed by atoms with van der Waals surface area (Å²) in [5.74, 6) is 1.55. The second-order valence-electron chi connectivity index (χ2n) is 7.99. The normalized spacial score (nSPS) is 21.8. The lowest BCUT2D eigenvalue weighted by atomic mass is 9.94. The predicted molar refractivity (Wildman–Crippen MR) is 117 cm³/mol. The summed E-state index contributed by atoms with van der Waals surface area (Å²) in [6.45, 7) is 3.37. The summed E-state index contributed by atoms with van der Waals surface area (Å²) in [6, 6.07) is 14.6. The molecule has 154 valence electrons. The lowest BCUT2D eigenvalue weighted by molar-refractivity contribution is 0.0293. The lowest BCUT2D eigenvalue weighted by Gasteiger charge is -2.43. The number of rotatable bonds is 4. The van der Waals surface area contributed by atoms with Gasteiger partial charge in [0.25, 0.3) is 0 Å². The zero-order valence-electron chi connectivity index (χ0n) is 16.9. The molecule has 0 saturated carbocycles. The van der Waals surface area contributed by atoms with Crippen LogP contribution in [0.4, 0.5) is 17.3 Å². The van der Waals surface area contributed by atoms with Gasteiger partial charge in [0.15, 0.2) is 0 Å². The maximum absolute atomic E-state index is 11.0. The van der Waals surface area contributed by atoms with E-state index in [0.717, 1.165) is 49.8 Å². The molecule has 0 aliphatic carbocycles. The Balaban J connectivity index is 1.25. The van der Waals surface area contributed by atoms with Crippen LogP contribution in [0.2, 0.25) is 0 Å². The zero-order chi connectivity index (χ0) is 20.3. The van der Waals surface area contributed by atoms with Crippen LogP contribution < -0.4 is 10.2 Å². The van der Waals surface area contributed by atoms with Crippen molar-refractivity contribution < 1.29 is 5.11 Å². The Morgan fingerprint density at radius 2 is 1.93 bits per heavy atom. The van der Waals surface area contributed by atoms with Crippen LogP contribution in [0.25, 0.3) is 0 Å². The molecule has 0 unspecified atom stereocenters. The summed E-state index contributed by atoms with van der Waals surface area (Å²) in [5, 5.41) is 14.2. The number of aliphatic hydroxyl groups is 1. The molecule has 3 aromatic rings. The second-order valence-corrected chi connectivity index (χ2v) is 7.99. The van der Waals surface area contributed by atoms with Gasteiger partial charge in [0.05, 0.1) is 18.0 Å². The smallest absolute Gasteiger partial charge is 0.135 e. The van der Waals surface area contributed by atoms with E-state index in [1.54, 1.807) is 18.7 Å². The average Bonchev–Trinajstić information content (AvgIpc) is 2.79. The van der Waals surface area contributed by atoms with E-state index in [-0.39, 0.29) is 6.04 Å². The molecule has 0 amide bonds. The number of anilines is 3. The van der Waals surface area contributed by atoms with E-state index in [4.69, 9.17) is 0 Å². The molecule has 7 heteroatoms. The fourth-order valence-corrected chi connectivity index (χ4v) is 4.53. The van der Waals surface area contributed by atoms with Gasteiger partial charge < -0.3 is 15.3 Å². The number of aliphatic hydroxyl groups excluding tert-OH is 1. The van der Waals surface area contributed by atoms with Crippen molar-refractivity contribution in [3.63, 3.8) is 0 Å². The van der Waals surface area contributed by atoms with Crippen LogP contribution >= 0.6 is 0 Å². The maximum Gasteiger partial charge on any atom is 0.135 e. The number of hydrogen-bond donors (Lipinski definition) is 2. The molecule has 1 saturated heterocycles. The number of nitrogens with zero attached hydrogens (tertiary/aromatic N) is 5. The maximum atomic E-state index is 11.0. The molecule has 0 spiro atoms. The fourth-order valence-electron chi connectivity index (χ4n) is 4.53. The van der Waals surface area contributed by atoms with Crippen LogP contribution in [-0.4, -0.2) is 56.7 Å². The highest BCUT2D eigenvalue weighted by atomic mass is 16.3. The minimum atomic E-state index is -0.409. The average molecular weight is 403 g/mol. The number of nitrogens with one attached hydrogen (secondary N) is 1. The van der Waals surface area contributed by atoms with Gasteiger partial charge in [-0.05, 0) is 36.1 Å². The molecular formula is C23H26N6O. The van der Waals surface area contributed by atoms with Crippen molar-refractivity contribution in [3.8, 4) is 0 Å². The topological polar surface area (TPSA) is 77.4 Å². The first-order valence-corrected chi connectivity index (χ1v) is 10.5. The molecule has 30 heavy (non-hydrogen) atoms. The minimum Gasteiger partial charge on any atom is -0.390 e. The number of benzene rings is 1. The third-order valence-corrected chi connectivity index (χ3v) is 6.09. The third-order valence-electron chi connectivity index (χ3n) is 6.09. The Hall–Kier alpha value is -3.03. The highest BCUT2D eigenvalue weighted by Gasteiger charge is 2.34. The predicted octanol–water partition coefficient (Wildman–Crippen LogP) is 2.61. The van der Waals surface area contributed by atoms with Crippen LogP contribution in [0, 0.1) is 0 Å². The van der Waals surface area contributed by atoms with E-state index in [0.29, 0.717) is 6.54 Å². The molecule has 2 atom stereocenters. The van der Waals surface area contributed by atoms with Crippen molar-refractivity contribution in [2.75, 3.05) is 29.9 Å². The number of β-amino-alcohol motifs (C(OH)–C–C–N with tert-alkyl or cyclic N) is 1. The van der Waals surface area contributed by atoms with E-state index in [1.165, 1.54) is 11.1 Å². The second kappa shape index (κ2) is 8.38. The quantitative estimate of drug-likeness (QED) is 0.695. The molecule has 5 rings (SSSR count). The van der Waals surface area contributed by atoms with Gasteiger partial charge in [0, 0.05) is 44.5 Å². The summed E-state index contributed by atoms with van der Waals surface area (Å²) < 4.78 is 0. The highest BCUT2D eigenvalue weighted by Crippen LogP contribution is 2.27. The number of hydrogen-bond acceptors (Lipinski definition) is 7. The summed E-state index contributed by atoms with van der Waals surface area (Å²) in [4.78, 5) is 17.5. The van der Waals surface area contributed by atoms with Crippen LogP contribution in [-0.2, 0) is 13.0 Å². The standard InChI is InChI=1S/C23H26N6O/c30-21-15-29(23-12-22(25-16-26-23)27-19-6-3-9-24-13-19)11-8-20(21)28-10-7-17-4-1-2-5-18(17)14-28/h1-6,9,12-13,16,20-21,30H,7-8,10-11,14-15H2,(H,25,26,27)/t20-,21-/m0/s1. The summed E-state index contributed by atoms with van der Waals surface area (Å²) in [6.07, 6.45) is 6.62. The summed E-state index contributed by atoms with van der Waals surface area (Å²) in [7, 11) is 0. The first-order chi connectivity index (χ1) is 14.8. The van der Waals surface area contributed by atoms with Crippen LogP contribution in [0.3, 0.4) is 0 Å². The minimum absolute atomic E-state index is 0.185. The van der Waals surface area contributed by atoms with Crippen molar-refractivity contribution >= 4 is 17.3 Å². The van der Waals surface area contributed by atoms with Gasteiger partial charge in [-0.25, -0.2) is 9.97 Å². The van der Waals surface area contributed by atoms with Gasteiger partial charge in [-0.3, -0.25) is 9.88 Å². The molecule has 1 aromatic carbocycles. The zero-order valence-corrected chi connectivity index (χ0v) is 16.9. The van der Waals surface area contributed by atoms with E-state index < -0.39 is 6.10 Å².